The van der Waals surface area contributed by atoms with Crippen molar-refractivity contribution < 1.29 is 27.5 Å². The van der Waals surface area contributed by atoms with E-state index >= 15 is 0 Å². The fourth-order valence-electron chi connectivity index (χ4n) is 5.18. The number of hydrogen-bond donors (Lipinski definition) is 1. The van der Waals surface area contributed by atoms with Gasteiger partial charge in [-0.3, -0.25) is 13.9 Å². The van der Waals surface area contributed by atoms with Crippen LogP contribution >= 0.6 is 0 Å². The molecule has 9 nitrogen and oxygen atoms in total. The number of carbonyl (C=O) groups is 2. The summed E-state index contributed by atoms with van der Waals surface area (Å²) in [5.41, 5.74) is 2.05. The average Bonchev–Trinajstić information content (AvgIpc) is 3.52. The van der Waals surface area contributed by atoms with Gasteiger partial charge in [0.2, 0.25) is 11.8 Å². The number of methoxy groups -OCH3 is 1. The minimum absolute atomic E-state index is 0.0238. The second-order valence-electron chi connectivity index (χ2n) is 10.8. The van der Waals surface area contributed by atoms with Crippen molar-refractivity contribution in [3.8, 4) is 11.5 Å². The maximum atomic E-state index is 14.1. The molecule has 1 saturated carbocycles. The summed E-state index contributed by atoms with van der Waals surface area (Å²) in [5, 5.41) is 3.08. The first-order valence-corrected chi connectivity index (χ1v) is 16.1. The van der Waals surface area contributed by atoms with Gasteiger partial charge in [0.05, 0.1) is 24.3 Å². The normalized spacial score (nSPS) is 14.1. The van der Waals surface area contributed by atoms with Crippen molar-refractivity contribution >= 4 is 27.5 Å². The van der Waals surface area contributed by atoms with Crippen molar-refractivity contribution in [2.75, 3.05) is 24.6 Å². The second kappa shape index (κ2) is 14.4. The number of ether oxygens (including phenoxy) is 2. The molecule has 3 aromatic rings. The quantitative estimate of drug-likeness (QED) is 0.291. The van der Waals surface area contributed by atoms with Crippen molar-refractivity contribution in [3.63, 3.8) is 0 Å². The lowest BCUT2D eigenvalue weighted by Crippen LogP contribution is -2.52. The average molecular weight is 608 g/mol. The molecular formula is C33H41N3O6S. The predicted octanol–water partition coefficient (Wildman–Crippen LogP) is 5.07. The first kappa shape index (κ1) is 31.9. The number of benzene rings is 3. The summed E-state index contributed by atoms with van der Waals surface area (Å²) < 4.78 is 40.0. The number of nitrogens with zero attached hydrogens (tertiary/aromatic N) is 2. The molecule has 1 aliphatic carbocycles. The highest BCUT2D eigenvalue weighted by molar-refractivity contribution is 7.92. The standard InChI is InChI=1S/C33H41N3O6S/c1-5-42-29-17-19-31(20-18-29)43(39,40)36(28-15-13-24(2)14-16-28)23-32(37)35(22-26-9-8-12-30(21-26)41-4)25(3)33(38)34-27-10-6-7-11-27/h8-9,12-21,25,27H,5-7,10-11,22-23H2,1-4H3,(H,34,38)/t25-/m0/s1. The lowest BCUT2D eigenvalue weighted by molar-refractivity contribution is -0.139. The van der Waals surface area contributed by atoms with Crippen LogP contribution in [0.25, 0.3) is 0 Å². The van der Waals surface area contributed by atoms with E-state index in [4.69, 9.17) is 9.47 Å². The van der Waals surface area contributed by atoms with Crippen LogP contribution in [0.1, 0.15) is 50.7 Å². The van der Waals surface area contributed by atoms with E-state index in [2.05, 4.69) is 5.32 Å². The Bertz CT molecular complexity index is 1490. The Kier molecular flexibility index (Phi) is 10.7. The molecule has 2 amide bonds. The van der Waals surface area contributed by atoms with E-state index in [-0.39, 0.29) is 23.4 Å². The Morgan fingerprint density at radius 3 is 2.28 bits per heavy atom. The smallest absolute Gasteiger partial charge is 0.264 e. The highest BCUT2D eigenvalue weighted by Crippen LogP contribution is 2.27. The monoisotopic (exact) mass is 607 g/mol. The summed E-state index contributed by atoms with van der Waals surface area (Å²) in [4.78, 5) is 29.0. The van der Waals surface area contributed by atoms with Crippen molar-refractivity contribution in [2.24, 2.45) is 0 Å². The van der Waals surface area contributed by atoms with Crippen LogP contribution in [0.2, 0.25) is 0 Å². The summed E-state index contributed by atoms with van der Waals surface area (Å²) in [6, 6.07) is 19.6. The number of aryl methyl sites for hydroxylation is 1. The molecule has 0 heterocycles. The van der Waals surface area contributed by atoms with Crippen LogP contribution in [-0.4, -0.2) is 57.5 Å². The zero-order valence-electron chi connectivity index (χ0n) is 25.3. The van der Waals surface area contributed by atoms with Crippen LogP contribution in [0.5, 0.6) is 11.5 Å². The minimum Gasteiger partial charge on any atom is -0.497 e. The number of carbonyl (C=O) groups excluding carboxylic acids is 2. The third-order valence-corrected chi connectivity index (χ3v) is 9.47. The molecule has 43 heavy (non-hydrogen) atoms. The highest BCUT2D eigenvalue weighted by atomic mass is 32.2. The Morgan fingerprint density at radius 1 is 0.977 bits per heavy atom. The van der Waals surface area contributed by atoms with Crippen LogP contribution < -0.4 is 19.1 Å². The predicted molar refractivity (Wildman–Crippen MR) is 167 cm³/mol. The number of nitrogens with one attached hydrogen (secondary N) is 1. The van der Waals surface area contributed by atoms with E-state index in [1.807, 2.05) is 26.0 Å². The van der Waals surface area contributed by atoms with E-state index < -0.39 is 28.5 Å². The molecule has 0 spiro atoms. The second-order valence-corrected chi connectivity index (χ2v) is 12.7. The van der Waals surface area contributed by atoms with Gasteiger partial charge in [0, 0.05) is 12.6 Å². The van der Waals surface area contributed by atoms with E-state index in [1.54, 1.807) is 62.6 Å². The summed E-state index contributed by atoms with van der Waals surface area (Å²) in [6.45, 7) is 5.48. The van der Waals surface area contributed by atoms with Gasteiger partial charge in [0.1, 0.15) is 24.1 Å². The fourth-order valence-corrected chi connectivity index (χ4v) is 6.60. The van der Waals surface area contributed by atoms with Crippen molar-refractivity contribution in [1.29, 1.82) is 0 Å². The van der Waals surface area contributed by atoms with Gasteiger partial charge < -0.3 is 19.7 Å². The molecule has 1 N–H and O–H groups in total. The molecule has 1 atom stereocenters. The Labute approximate surface area is 254 Å². The molecule has 0 radical (unpaired) electrons. The van der Waals surface area contributed by atoms with Gasteiger partial charge in [-0.15, -0.1) is 0 Å². The molecule has 230 valence electrons. The zero-order valence-corrected chi connectivity index (χ0v) is 26.1. The summed E-state index contributed by atoms with van der Waals surface area (Å²) in [5.74, 6) is 0.393. The van der Waals surface area contributed by atoms with E-state index in [0.717, 1.165) is 41.1 Å². The number of sulfonamides is 1. The Morgan fingerprint density at radius 2 is 1.65 bits per heavy atom. The number of hydrogen-bond acceptors (Lipinski definition) is 6. The van der Waals surface area contributed by atoms with Gasteiger partial charge in [0.15, 0.2) is 0 Å². The highest BCUT2D eigenvalue weighted by Gasteiger charge is 2.33. The molecule has 4 rings (SSSR count). The van der Waals surface area contributed by atoms with Crippen molar-refractivity contribution in [2.45, 2.75) is 70.0 Å². The van der Waals surface area contributed by atoms with Crippen LogP contribution in [0.15, 0.2) is 77.7 Å². The molecule has 3 aromatic carbocycles. The summed E-state index contributed by atoms with van der Waals surface area (Å²) in [7, 11) is -2.61. The first-order valence-electron chi connectivity index (χ1n) is 14.7. The summed E-state index contributed by atoms with van der Waals surface area (Å²) in [6.07, 6.45) is 3.93. The van der Waals surface area contributed by atoms with E-state index in [0.29, 0.717) is 23.8 Å². The van der Waals surface area contributed by atoms with Crippen molar-refractivity contribution in [1.82, 2.24) is 10.2 Å². The third kappa shape index (κ3) is 8.07. The van der Waals surface area contributed by atoms with Gasteiger partial charge in [-0.25, -0.2) is 8.42 Å². The molecule has 0 bridgehead atoms. The zero-order chi connectivity index (χ0) is 31.0. The van der Waals surface area contributed by atoms with Gasteiger partial charge in [-0.2, -0.15) is 0 Å². The number of rotatable bonds is 13. The number of amides is 2. The first-order chi connectivity index (χ1) is 20.6. The SMILES string of the molecule is CCOc1ccc(S(=O)(=O)N(CC(=O)N(Cc2cccc(OC)c2)[C@@H](C)C(=O)NC2CCCC2)c2ccc(C)cc2)cc1. The van der Waals surface area contributed by atoms with Gasteiger partial charge in [-0.1, -0.05) is 42.7 Å². The van der Waals surface area contributed by atoms with Crippen LogP contribution in [0.4, 0.5) is 5.69 Å². The van der Waals surface area contributed by atoms with Crippen LogP contribution in [-0.2, 0) is 26.2 Å². The lowest BCUT2D eigenvalue weighted by Gasteiger charge is -2.32. The van der Waals surface area contributed by atoms with E-state index in [1.165, 1.54) is 17.0 Å². The fraction of sp³-hybridized carbons (Fsp3) is 0.394. The molecule has 1 fully saturated rings. The van der Waals surface area contributed by atoms with Crippen LogP contribution in [0.3, 0.4) is 0 Å². The van der Waals surface area contributed by atoms with Gasteiger partial charge in [-0.05, 0) is 87.7 Å². The molecule has 0 aliphatic heterocycles. The molecular weight excluding hydrogens is 566 g/mol. The maximum Gasteiger partial charge on any atom is 0.264 e. The third-order valence-electron chi connectivity index (χ3n) is 7.68. The topological polar surface area (TPSA) is 105 Å². The molecule has 0 aromatic heterocycles. The molecule has 10 heteroatoms. The van der Waals surface area contributed by atoms with Crippen molar-refractivity contribution in [3.05, 3.63) is 83.9 Å². The number of anilines is 1. The van der Waals surface area contributed by atoms with Gasteiger partial charge >= 0.3 is 0 Å². The van der Waals surface area contributed by atoms with Crippen LogP contribution in [0, 0.1) is 6.92 Å². The summed E-state index contributed by atoms with van der Waals surface area (Å²) >= 11 is 0. The Balaban J connectivity index is 1.68. The van der Waals surface area contributed by atoms with Gasteiger partial charge in [0.25, 0.3) is 10.0 Å². The molecule has 1 aliphatic rings. The molecule has 0 saturated heterocycles. The largest absolute Gasteiger partial charge is 0.497 e. The lowest BCUT2D eigenvalue weighted by atomic mass is 10.1. The van der Waals surface area contributed by atoms with E-state index in [9.17, 15) is 18.0 Å². The Hall–Kier alpha value is -4.05. The molecule has 0 unspecified atom stereocenters. The maximum absolute atomic E-state index is 14.1. The minimum atomic E-state index is -4.17.